The van der Waals surface area contributed by atoms with Crippen LogP contribution in [0.2, 0.25) is 0 Å². The third-order valence-corrected chi connectivity index (χ3v) is 1.62. The Hall–Kier alpha value is -0.410. The third kappa shape index (κ3) is 2.45. The molecular formula is C7H13NO2. The number of aldehydes is 1. The minimum absolute atomic E-state index is 0.347. The summed E-state index contributed by atoms with van der Waals surface area (Å²) in [7, 11) is 0. The van der Waals surface area contributed by atoms with Gasteiger partial charge in [-0.1, -0.05) is 0 Å². The summed E-state index contributed by atoms with van der Waals surface area (Å²) in [4.78, 5) is 9.88. The van der Waals surface area contributed by atoms with Crippen molar-refractivity contribution in [3.8, 4) is 0 Å². The van der Waals surface area contributed by atoms with Gasteiger partial charge in [-0.2, -0.15) is 0 Å². The van der Waals surface area contributed by atoms with Gasteiger partial charge in [-0.15, -0.1) is 0 Å². The SMILES string of the molecule is O=CCNCC1CCCO1. The largest absolute Gasteiger partial charge is 0.377 e. The second-order valence-corrected chi connectivity index (χ2v) is 2.46. The van der Waals surface area contributed by atoms with E-state index in [0.29, 0.717) is 12.6 Å². The quantitative estimate of drug-likeness (QED) is 0.443. The minimum Gasteiger partial charge on any atom is -0.377 e. The molecule has 0 saturated carbocycles. The molecule has 3 heteroatoms. The number of nitrogens with one attached hydrogen (secondary N) is 1. The van der Waals surface area contributed by atoms with Gasteiger partial charge >= 0.3 is 0 Å². The maximum absolute atomic E-state index is 9.88. The lowest BCUT2D eigenvalue weighted by Gasteiger charge is -2.07. The molecule has 1 rings (SSSR count). The van der Waals surface area contributed by atoms with Crippen molar-refractivity contribution in [2.24, 2.45) is 0 Å². The molecule has 58 valence electrons. The smallest absolute Gasteiger partial charge is 0.133 e. The van der Waals surface area contributed by atoms with Crippen LogP contribution in [0.15, 0.2) is 0 Å². The van der Waals surface area contributed by atoms with Crippen molar-refractivity contribution in [1.82, 2.24) is 5.32 Å². The van der Waals surface area contributed by atoms with Crippen molar-refractivity contribution in [3.63, 3.8) is 0 Å². The Kier molecular flexibility index (Phi) is 3.40. The van der Waals surface area contributed by atoms with Crippen LogP contribution in [0.3, 0.4) is 0 Å². The lowest BCUT2D eigenvalue weighted by molar-refractivity contribution is -0.107. The average molecular weight is 143 g/mol. The summed E-state index contributed by atoms with van der Waals surface area (Å²) in [5.74, 6) is 0. The van der Waals surface area contributed by atoms with Gasteiger partial charge in [0.15, 0.2) is 0 Å². The molecule has 1 aliphatic heterocycles. The Balaban J connectivity index is 1.96. The van der Waals surface area contributed by atoms with Gasteiger partial charge in [-0.05, 0) is 12.8 Å². The fourth-order valence-electron chi connectivity index (χ4n) is 1.11. The third-order valence-electron chi connectivity index (χ3n) is 1.62. The van der Waals surface area contributed by atoms with Gasteiger partial charge in [0.25, 0.3) is 0 Å². The first-order valence-corrected chi connectivity index (χ1v) is 3.69. The molecule has 0 aromatic rings. The van der Waals surface area contributed by atoms with Gasteiger partial charge in [-0.25, -0.2) is 0 Å². The summed E-state index contributed by atoms with van der Waals surface area (Å²) < 4.78 is 5.32. The Morgan fingerprint density at radius 3 is 3.20 bits per heavy atom. The molecule has 1 heterocycles. The van der Waals surface area contributed by atoms with Gasteiger partial charge in [0.2, 0.25) is 0 Å². The van der Waals surface area contributed by atoms with Gasteiger partial charge < -0.3 is 14.8 Å². The van der Waals surface area contributed by atoms with E-state index in [1.807, 2.05) is 0 Å². The van der Waals surface area contributed by atoms with E-state index in [2.05, 4.69) is 5.32 Å². The summed E-state index contributed by atoms with van der Waals surface area (Å²) in [5.41, 5.74) is 0. The van der Waals surface area contributed by atoms with E-state index in [9.17, 15) is 4.79 Å². The van der Waals surface area contributed by atoms with Crippen molar-refractivity contribution >= 4 is 6.29 Å². The van der Waals surface area contributed by atoms with Crippen molar-refractivity contribution in [1.29, 1.82) is 0 Å². The molecule has 0 aromatic heterocycles. The van der Waals surface area contributed by atoms with E-state index in [4.69, 9.17) is 4.74 Å². The molecule has 0 radical (unpaired) electrons. The number of carbonyl (C=O) groups excluding carboxylic acids is 1. The second-order valence-electron chi connectivity index (χ2n) is 2.46. The molecule has 1 fully saturated rings. The van der Waals surface area contributed by atoms with Crippen molar-refractivity contribution in [2.75, 3.05) is 19.7 Å². The minimum atomic E-state index is 0.347. The van der Waals surface area contributed by atoms with E-state index >= 15 is 0 Å². The van der Waals surface area contributed by atoms with Crippen LogP contribution in [-0.4, -0.2) is 32.1 Å². The Bertz CT molecular complexity index is 99.8. The predicted octanol–water partition coefficient (Wildman–Crippen LogP) is -0.0461. The first-order chi connectivity index (χ1) is 4.93. The normalized spacial score (nSPS) is 25.0. The van der Waals surface area contributed by atoms with E-state index in [1.165, 1.54) is 0 Å². The molecule has 0 spiro atoms. The fraction of sp³-hybridized carbons (Fsp3) is 0.857. The highest BCUT2D eigenvalue weighted by Gasteiger charge is 2.13. The molecule has 1 saturated heterocycles. The zero-order valence-corrected chi connectivity index (χ0v) is 6.01. The lowest BCUT2D eigenvalue weighted by atomic mass is 10.2. The van der Waals surface area contributed by atoms with Crippen LogP contribution in [0, 0.1) is 0 Å². The number of rotatable bonds is 4. The fourth-order valence-corrected chi connectivity index (χ4v) is 1.11. The number of carbonyl (C=O) groups is 1. The van der Waals surface area contributed by atoms with E-state index in [1.54, 1.807) is 0 Å². The van der Waals surface area contributed by atoms with E-state index in [-0.39, 0.29) is 0 Å². The number of ether oxygens (including phenoxy) is 1. The van der Waals surface area contributed by atoms with Crippen LogP contribution in [0.1, 0.15) is 12.8 Å². The van der Waals surface area contributed by atoms with Crippen LogP contribution < -0.4 is 5.32 Å². The van der Waals surface area contributed by atoms with Crippen LogP contribution in [0.4, 0.5) is 0 Å². The zero-order valence-electron chi connectivity index (χ0n) is 6.01. The molecular weight excluding hydrogens is 130 g/mol. The summed E-state index contributed by atoms with van der Waals surface area (Å²) >= 11 is 0. The molecule has 1 aliphatic rings. The van der Waals surface area contributed by atoms with Crippen molar-refractivity contribution in [3.05, 3.63) is 0 Å². The van der Waals surface area contributed by atoms with Crippen LogP contribution >= 0.6 is 0 Å². The van der Waals surface area contributed by atoms with Crippen LogP contribution in [0.5, 0.6) is 0 Å². The first kappa shape index (κ1) is 7.69. The van der Waals surface area contributed by atoms with Crippen molar-refractivity contribution < 1.29 is 9.53 Å². The molecule has 0 amide bonds. The average Bonchev–Trinajstić information content (AvgIpc) is 2.41. The highest BCUT2D eigenvalue weighted by atomic mass is 16.5. The molecule has 0 bridgehead atoms. The number of hydrogen-bond donors (Lipinski definition) is 1. The van der Waals surface area contributed by atoms with Crippen LogP contribution in [-0.2, 0) is 9.53 Å². The monoisotopic (exact) mass is 143 g/mol. The molecule has 0 aliphatic carbocycles. The van der Waals surface area contributed by atoms with Gasteiger partial charge in [0.1, 0.15) is 6.29 Å². The Morgan fingerprint density at radius 1 is 1.70 bits per heavy atom. The Labute approximate surface area is 60.7 Å². The molecule has 1 atom stereocenters. The lowest BCUT2D eigenvalue weighted by Crippen LogP contribution is -2.27. The predicted molar refractivity (Wildman–Crippen MR) is 37.9 cm³/mol. The zero-order chi connectivity index (χ0) is 7.23. The maximum Gasteiger partial charge on any atom is 0.133 e. The summed E-state index contributed by atoms with van der Waals surface area (Å²) in [6.45, 7) is 2.14. The molecule has 0 aromatic carbocycles. The first-order valence-electron chi connectivity index (χ1n) is 3.69. The molecule has 1 unspecified atom stereocenters. The molecule has 3 nitrogen and oxygen atoms in total. The highest BCUT2D eigenvalue weighted by molar-refractivity contribution is 5.51. The van der Waals surface area contributed by atoms with Crippen molar-refractivity contribution in [2.45, 2.75) is 18.9 Å². The standard InChI is InChI=1S/C7H13NO2/c9-4-3-8-6-7-2-1-5-10-7/h4,7-8H,1-3,5-6H2. The highest BCUT2D eigenvalue weighted by Crippen LogP contribution is 2.09. The molecule has 1 N–H and O–H groups in total. The maximum atomic E-state index is 9.88. The summed E-state index contributed by atoms with van der Waals surface area (Å²) in [6, 6.07) is 0. The van der Waals surface area contributed by atoms with E-state index in [0.717, 1.165) is 32.3 Å². The Morgan fingerprint density at radius 2 is 2.60 bits per heavy atom. The second kappa shape index (κ2) is 4.41. The topological polar surface area (TPSA) is 38.3 Å². The summed E-state index contributed by atoms with van der Waals surface area (Å²) in [5, 5.41) is 2.98. The van der Waals surface area contributed by atoms with Crippen LogP contribution in [0.25, 0.3) is 0 Å². The van der Waals surface area contributed by atoms with E-state index < -0.39 is 0 Å². The van der Waals surface area contributed by atoms with Gasteiger partial charge in [-0.3, -0.25) is 0 Å². The van der Waals surface area contributed by atoms with Gasteiger partial charge in [0, 0.05) is 13.2 Å². The van der Waals surface area contributed by atoms with Gasteiger partial charge in [0.05, 0.1) is 12.6 Å². The number of hydrogen-bond acceptors (Lipinski definition) is 3. The summed E-state index contributed by atoms with van der Waals surface area (Å²) in [6.07, 6.45) is 3.51. The molecule has 10 heavy (non-hydrogen) atoms.